The number of hydrogen-bond acceptors (Lipinski definition) is 5. The molecule has 128 valence electrons. The Morgan fingerprint density at radius 2 is 1.92 bits per heavy atom. The standard InChI is InChI=1S/C19H19N3O3/c1-24-18-20-12-15(13-21-18)17(23)22-10-8-19(9-11-22)7-6-14-4-2-3-5-16(14)25-19/h2-7,12-13H,8-11H2,1H3. The number of hydrogen-bond donors (Lipinski definition) is 0. The van der Waals surface area contributed by atoms with Crippen LogP contribution in [0.25, 0.3) is 6.08 Å². The summed E-state index contributed by atoms with van der Waals surface area (Å²) in [5.41, 5.74) is 1.26. The Kier molecular flexibility index (Phi) is 3.87. The highest BCUT2D eigenvalue weighted by atomic mass is 16.5. The van der Waals surface area contributed by atoms with Crippen molar-refractivity contribution in [2.24, 2.45) is 0 Å². The van der Waals surface area contributed by atoms with Crippen LogP contribution >= 0.6 is 0 Å². The summed E-state index contributed by atoms with van der Waals surface area (Å²) >= 11 is 0. The van der Waals surface area contributed by atoms with Gasteiger partial charge in [0.15, 0.2) is 0 Å². The van der Waals surface area contributed by atoms with Crippen LogP contribution in [0.4, 0.5) is 0 Å². The third kappa shape index (κ3) is 2.95. The Bertz CT molecular complexity index is 809. The van der Waals surface area contributed by atoms with Gasteiger partial charge in [-0.15, -0.1) is 0 Å². The van der Waals surface area contributed by atoms with Gasteiger partial charge in [0.2, 0.25) is 0 Å². The SMILES string of the molecule is COc1ncc(C(=O)N2CCC3(C=Cc4ccccc4O3)CC2)cn1. The first kappa shape index (κ1) is 15.6. The second-order valence-corrected chi connectivity index (χ2v) is 6.29. The number of ether oxygens (including phenoxy) is 2. The molecule has 1 amide bonds. The van der Waals surface area contributed by atoms with Crippen molar-refractivity contribution in [3.8, 4) is 11.8 Å². The maximum Gasteiger partial charge on any atom is 0.316 e. The van der Waals surface area contributed by atoms with Crippen molar-refractivity contribution >= 4 is 12.0 Å². The fraction of sp³-hybridized carbons (Fsp3) is 0.316. The zero-order valence-electron chi connectivity index (χ0n) is 14.0. The molecule has 0 unspecified atom stereocenters. The predicted molar refractivity (Wildman–Crippen MR) is 92.6 cm³/mol. The lowest BCUT2D eigenvalue weighted by molar-refractivity contribution is 0.0329. The Morgan fingerprint density at radius 1 is 1.20 bits per heavy atom. The van der Waals surface area contributed by atoms with E-state index in [-0.39, 0.29) is 17.5 Å². The van der Waals surface area contributed by atoms with Crippen LogP contribution in [0.5, 0.6) is 11.8 Å². The average Bonchev–Trinajstić information content (AvgIpc) is 2.68. The molecule has 0 saturated carbocycles. The van der Waals surface area contributed by atoms with E-state index in [9.17, 15) is 4.79 Å². The fourth-order valence-electron chi connectivity index (χ4n) is 3.28. The van der Waals surface area contributed by atoms with Gasteiger partial charge in [-0.2, -0.15) is 0 Å². The van der Waals surface area contributed by atoms with Gasteiger partial charge in [-0.1, -0.05) is 24.3 Å². The number of methoxy groups -OCH3 is 1. The lowest BCUT2D eigenvalue weighted by atomic mass is 9.88. The molecule has 2 aliphatic heterocycles. The fourth-order valence-corrected chi connectivity index (χ4v) is 3.28. The van der Waals surface area contributed by atoms with Gasteiger partial charge < -0.3 is 14.4 Å². The number of benzene rings is 1. The van der Waals surface area contributed by atoms with Crippen molar-refractivity contribution in [2.75, 3.05) is 20.2 Å². The molecular weight excluding hydrogens is 318 g/mol. The molecule has 1 aromatic heterocycles. The first-order chi connectivity index (χ1) is 12.2. The highest BCUT2D eigenvalue weighted by Gasteiger charge is 2.38. The van der Waals surface area contributed by atoms with E-state index in [1.807, 2.05) is 29.2 Å². The number of likely N-dealkylation sites (tertiary alicyclic amines) is 1. The second-order valence-electron chi connectivity index (χ2n) is 6.29. The van der Waals surface area contributed by atoms with E-state index in [1.165, 1.54) is 19.5 Å². The number of nitrogens with zero attached hydrogens (tertiary/aromatic N) is 3. The van der Waals surface area contributed by atoms with Gasteiger partial charge in [-0.3, -0.25) is 4.79 Å². The Morgan fingerprint density at radius 3 is 2.64 bits per heavy atom. The maximum atomic E-state index is 12.6. The Balaban J connectivity index is 1.44. The van der Waals surface area contributed by atoms with Crippen LogP contribution in [0.3, 0.4) is 0 Å². The largest absolute Gasteiger partial charge is 0.482 e. The molecule has 2 aromatic rings. The van der Waals surface area contributed by atoms with E-state index in [4.69, 9.17) is 9.47 Å². The molecule has 25 heavy (non-hydrogen) atoms. The van der Waals surface area contributed by atoms with Crippen molar-refractivity contribution in [1.29, 1.82) is 0 Å². The summed E-state index contributed by atoms with van der Waals surface area (Å²) in [6.45, 7) is 1.27. The second kappa shape index (κ2) is 6.20. The molecule has 6 nitrogen and oxygen atoms in total. The third-order valence-corrected chi connectivity index (χ3v) is 4.75. The van der Waals surface area contributed by atoms with Gasteiger partial charge in [0.1, 0.15) is 11.4 Å². The molecule has 0 atom stereocenters. The summed E-state index contributed by atoms with van der Waals surface area (Å²) < 4.78 is 11.2. The van der Waals surface area contributed by atoms with Crippen LogP contribution < -0.4 is 9.47 Å². The Labute approximate surface area is 146 Å². The van der Waals surface area contributed by atoms with Crippen LogP contribution in [-0.4, -0.2) is 46.6 Å². The molecule has 6 heteroatoms. The van der Waals surface area contributed by atoms with Gasteiger partial charge in [-0.25, -0.2) is 9.97 Å². The monoisotopic (exact) mass is 337 g/mol. The first-order valence-electron chi connectivity index (χ1n) is 8.32. The molecule has 1 fully saturated rings. The van der Waals surface area contributed by atoms with Crippen LogP contribution in [-0.2, 0) is 0 Å². The number of piperidine rings is 1. The van der Waals surface area contributed by atoms with Crippen LogP contribution in [0.15, 0.2) is 42.7 Å². The maximum absolute atomic E-state index is 12.6. The summed E-state index contributed by atoms with van der Waals surface area (Å²) in [5.74, 6) is 0.853. The number of aromatic nitrogens is 2. The predicted octanol–water partition coefficient (Wildman–Crippen LogP) is 2.57. The van der Waals surface area contributed by atoms with Crippen LogP contribution in [0, 0.1) is 0 Å². The average molecular weight is 337 g/mol. The molecule has 1 spiro atoms. The normalized spacial score (nSPS) is 17.7. The molecule has 0 aliphatic carbocycles. The highest BCUT2D eigenvalue weighted by molar-refractivity contribution is 5.93. The summed E-state index contributed by atoms with van der Waals surface area (Å²) in [7, 11) is 1.50. The molecule has 0 radical (unpaired) electrons. The number of fused-ring (bicyclic) bond motifs is 1. The van der Waals surface area contributed by atoms with E-state index in [0.29, 0.717) is 18.7 Å². The van der Waals surface area contributed by atoms with E-state index in [0.717, 1.165) is 24.2 Å². The topological polar surface area (TPSA) is 64.5 Å². The highest BCUT2D eigenvalue weighted by Crippen LogP contribution is 2.37. The minimum atomic E-state index is -0.318. The molecule has 3 heterocycles. The summed E-state index contributed by atoms with van der Waals surface area (Å²) in [5, 5.41) is 0. The lowest BCUT2D eigenvalue weighted by Crippen LogP contribution is -2.49. The zero-order valence-corrected chi connectivity index (χ0v) is 14.0. The molecule has 4 rings (SSSR count). The van der Waals surface area contributed by atoms with Crippen molar-refractivity contribution in [1.82, 2.24) is 14.9 Å². The van der Waals surface area contributed by atoms with Gasteiger partial charge in [0.05, 0.1) is 12.7 Å². The summed E-state index contributed by atoms with van der Waals surface area (Å²) in [4.78, 5) is 22.5. The number of carbonyl (C=O) groups excluding carboxylic acids is 1. The van der Waals surface area contributed by atoms with Crippen molar-refractivity contribution in [2.45, 2.75) is 18.4 Å². The number of rotatable bonds is 2. The quantitative estimate of drug-likeness (QED) is 0.843. The van der Waals surface area contributed by atoms with E-state index < -0.39 is 0 Å². The van der Waals surface area contributed by atoms with Gasteiger partial charge in [-0.05, 0) is 12.1 Å². The van der Waals surface area contributed by atoms with Crippen LogP contribution in [0.1, 0.15) is 28.8 Å². The van der Waals surface area contributed by atoms with E-state index in [1.54, 1.807) is 0 Å². The number of amides is 1. The minimum Gasteiger partial charge on any atom is -0.482 e. The first-order valence-corrected chi connectivity index (χ1v) is 8.32. The molecule has 0 bridgehead atoms. The van der Waals surface area contributed by atoms with Gasteiger partial charge >= 0.3 is 6.01 Å². The van der Waals surface area contributed by atoms with E-state index >= 15 is 0 Å². The number of carbonyl (C=O) groups is 1. The molecule has 2 aliphatic rings. The number of para-hydroxylation sites is 1. The smallest absolute Gasteiger partial charge is 0.316 e. The molecule has 1 aromatic carbocycles. The summed E-state index contributed by atoms with van der Waals surface area (Å²) in [6.07, 6.45) is 8.79. The minimum absolute atomic E-state index is 0.0577. The Hall–Kier alpha value is -2.89. The van der Waals surface area contributed by atoms with Crippen LogP contribution in [0.2, 0.25) is 0 Å². The lowest BCUT2D eigenvalue weighted by Gasteiger charge is -2.41. The zero-order chi connectivity index (χ0) is 17.3. The van der Waals surface area contributed by atoms with Crippen molar-refractivity contribution < 1.29 is 14.3 Å². The van der Waals surface area contributed by atoms with Crippen molar-refractivity contribution in [3.63, 3.8) is 0 Å². The third-order valence-electron chi connectivity index (χ3n) is 4.75. The molecular formula is C19H19N3O3. The van der Waals surface area contributed by atoms with E-state index in [2.05, 4.69) is 22.1 Å². The van der Waals surface area contributed by atoms with Gasteiger partial charge in [0, 0.05) is 43.9 Å². The molecule has 1 saturated heterocycles. The summed E-state index contributed by atoms with van der Waals surface area (Å²) in [6, 6.07) is 8.28. The molecule has 0 N–H and O–H groups in total. The van der Waals surface area contributed by atoms with Crippen molar-refractivity contribution in [3.05, 3.63) is 53.9 Å². The van der Waals surface area contributed by atoms with Gasteiger partial charge in [0.25, 0.3) is 5.91 Å².